The Labute approximate surface area is 164 Å². The van der Waals surface area contributed by atoms with Crippen LogP contribution in [0.25, 0.3) is 22.0 Å². The zero-order chi connectivity index (χ0) is 20.4. The summed E-state index contributed by atoms with van der Waals surface area (Å²) in [5, 5.41) is 2.55. The summed E-state index contributed by atoms with van der Waals surface area (Å²) in [6.45, 7) is 2.10. The fourth-order valence-corrected chi connectivity index (χ4v) is 3.84. The predicted octanol–water partition coefficient (Wildman–Crippen LogP) is 5.09. The van der Waals surface area contributed by atoms with Gasteiger partial charge in [0.2, 0.25) is 0 Å². The van der Waals surface area contributed by atoms with Crippen LogP contribution in [-0.2, 0) is 16.4 Å². The Bertz CT molecular complexity index is 1060. The van der Waals surface area contributed by atoms with Gasteiger partial charge in [0, 0.05) is 22.8 Å². The summed E-state index contributed by atoms with van der Waals surface area (Å²) < 4.78 is 61.1. The van der Waals surface area contributed by atoms with Crippen molar-refractivity contribution < 1.29 is 21.6 Å². The first-order chi connectivity index (χ1) is 13.2. The van der Waals surface area contributed by atoms with Crippen molar-refractivity contribution >= 4 is 27.0 Å². The van der Waals surface area contributed by atoms with Crippen LogP contribution in [0.5, 0.6) is 0 Å². The molecule has 3 aromatic rings. The van der Waals surface area contributed by atoms with Crippen LogP contribution in [0.15, 0.2) is 48.0 Å². The number of pyridine rings is 1. The molecule has 1 N–H and O–H groups in total. The molecule has 0 aliphatic heterocycles. The Balaban J connectivity index is 1.80. The van der Waals surface area contributed by atoms with E-state index in [9.17, 15) is 21.6 Å². The second-order valence-electron chi connectivity index (χ2n) is 5.97. The Morgan fingerprint density at radius 2 is 1.82 bits per heavy atom. The van der Waals surface area contributed by atoms with Gasteiger partial charge in [-0.05, 0) is 36.2 Å². The Morgan fingerprint density at radius 3 is 2.46 bits per heavy atom. The quantitative estimate of drug-likeness (QED) is 0.595. The molecule has 1 aromatic carbocycles. The Morgan fingerprint density at radius 1 is 1.11 bits per heavy atom. The molecule has 0 unspecified atom stereocenters. The fourth-order valence-electron chi connectivity index (χ4n) is 2.48. The van der Waals surface area contributed by atoms with Crippen molar-refractivity contribution in [2.75, 3.05) is 4.72 Å². The third-order valence-electron chi connectivity index (χ3n) is 3.82. The first-order valence-corrected chi connectivity index (χ1v) is 10.7. The lowest BCUT2D eigenvalue weighted by Crippen LogP contribution is -2.29. The fraction of sp³-hybridized carbons (Fsp3) is 0.222. The Hall–Kier alpha value is -2.46. The molecule has 148 valence electrons. The number of thiazole rings is 1. The zero-order valence-electron chi connectivity index (χ0n) is 14.7. The number of nitrogens with zero attached hydrogens (tertiary/aromatic N) is 2. The summed E-state index contributed by atoms with van der Waals surface area (Å²) in [4.78, 5) is 8.87. The van der Waals surface area contributed by atoms with Gasteiger partial charge in [0.1, 0.15) is 5.01 Å². The van der Waals surface area contributed by atoms with E-state index >= 15 is 0 Å². The van der Waals surface area contributed by atoms with E-state index in [0.717, 1.165) is 23.5 Å². The van der Waals surface area contributed by atoms with E-state index in [1.165, 1.54) is 45.9 Å². The lowest BCUT2D eigenvalue weighted by atomic mass is 10.1. The molecule has 3 rings (SSSR count). The highest BCUT2D eigenvalue weighted by atomic mass is 32.2. The molecule has 0 atom stereocenters. The molecule has 0 aliphatic rings. The van der Waals surface area contributed by atoms with E-state index < -0.39 is 15.5 Å². The molecule has 0 saturated carbocycles. The van der Waals surface area contributed by atoms with Gasteiger partial charge >= 0.3 is 15.5 Å². The van der Waals surface area contributed by atoms with Crippen LogP contribution in [0.1, 0.15) is 18.9 Å². The van der Waals surface area contributed by atoms with Crippen LogP contribution < -0.4 is 4.72 Å². The van der Waals surface area contributed by atoms with Crippen LogP contribution in [0, 0.1) is 0 Å². The number of halogens is 3. The molecule has 0 bridgehead atoms. The Kier molecular flexibility index (Phi) is 5.71. The molecule has 0 fully saturated rings. The number of benzene rings is 1. The number of alkyl halides is 3. The van der Waals surface area contributed by atoms with Crippen molar-refractivity contribution in [1.82, 2.24) is 9.97 Å². The molecular formula is C18H16F3N3O2S2. The minimum atomic E-state index is -5.44. The van der Waals surface area contributed by atoms with Crippen molar-refractivity contribution in [3.05, 3.63) is 53.5 Å². The largest absolute Gasteiger partial charge is 0.516 e. The van der Waals surface area contributed by atoms with Crippen LogP contribution in [-0.4, -0.2) is 23.9 Å². The second-order valence-corrected chi connectivity index (χ2v) is 8.50. The maximum absolute atomic E-state index is 12.4. The molecule has 0 aliphatic carbocycles. The van der Waals surface area contributed by atoms with Gasteiger partial charge in [-0.15, -0.1) is 11.3 Å². The summed E-state index contributed by atoms with van der Waals surface area (Å²) in [7, 11) is -5.44. The molecule has 2 heterocycles. The third-order valence-corrected chi connectivity index (χ3v) is 5.80. The maximum Gasteiger partial charge on any atom is 0.516 e. The molecule has 28 heavy (non-hydrogen) atoms. The molecular weight excluding hydrogens is 411 g/mol. The number of hydrogen-bond acceptors (Lipinski definition) is 5. The van der Waals surface area contributed by atoms with E-state index in [0.29, 0.717) is 11.3 Å². The zero-order valence-corrected chi connectivity index (χ0v) is 16.3. The average molecular weight is 427 g/mol. The normalized spacial score (nSPS) is 12.1. The van der Waals surface area contributed by atoms with Crippen LogP contribution in [0.3, 0.4) is 0 Å². The predicted molar refractivity (Wildman–Crippen MR) is 103 cm³/mol. The smallest absolute Gasteiger partial charge is 0.276 e. The summed E-state index contributed by atoms with van der Waals surface area (Å²) in [5.41, 5.74) is -2.32. The van der Waals surface area contributed by atoms with E-state index in [1.807, 2.05) is 17.5 Å². The molecule has 5 nitrogen and oxygen atoms in total. The highest BCUT2D eigenvalue weighted by Crippen LogP contribution is 2.30. The van der Waals surface area contributed by atoms with Crippen LogP contribution >= 0.6 is 11.3 Å². The van der Waals surface area contributed by atoms with Crippen molar-refractivity contribution in [3.8, 4) is 22.0 Å². The first-order valence-electron chi connectivity index (χ1n) is 8.30. The monoisotopic (exact) mass is 427 g/mol. The van der Waals surface area contributed by atoms with Crippen molar-refractivity contribution in [2.24, 2.45) is 0 Å². The van der Waals surface area contributed by atoms with Gasteiger partial charge in [0.15, 0.2) is 0 Å². The van der Waals surface area contributed by atoms with E-state index in [4.69, 9.17) is 0 Å². The van der Waals surface area contributed by atoms with Crippen molar-refractivity contribution in [3.63, 3.8) is 0 Å². The highest BCUT2D eigenvalue weighted by Gasteiger charge is 2.46. The topological polar surface area (TPSA) is 72.0 Å². The molecule has 0 amide bonds. The van der Waals surface area contributed by atoms with Crippen LogP contribution in [0.2, 0.25) is 0 Å². The molecule has 0 spiro atoms. The standard InChI is InChI=1S/C18H16F3N3O2S2/c1-2-3-12-8-9-22-15(10-12)17-23-16(11-27-17)13-4-6-14(7-5-13)24-28(25,26)18(19,20)21/h4-11,24H,2-3H2,1H3. The minimum Gasteiger partial charge on any atom is -0.276 e. The SMILES string of the molecule is CCCc1ccnc(-c2nc(-c3ccc(NS(=O)(=O)C(F)(F)F)cc3)cs2)c1. The summed E-state index contributed by atoms with van der Waals surface area (Å²) >= 11 is 1.41. The molecule has 0 radical (unpaired) electrons. The number of anilines is 1. The number of hydrogen-bond donors (Lipinski definition) is 1. The first kappa shape index (κ1) is 20.3. The van der Waals surface area contributed by atoms with Gasteiger partial charge in [-0.25, -0.2) is 4.98 Å². The lowest BCUT2D eigenvalue weighted by Gasteiger charge is -2.10. The molecule has 10 heteroatoms. The van der Waals surface area contributed by atoms with Gasteiger partial charge in [-0.3, -0.25) is 9.71 Å². The number of sulfonamides is 1. The maximum atomic E-state index is 12.4. The second kappa shape index (κ2) is 7.88. The number of aromatic nitrogens is 2. The third kappa shape index (κ3) is 4.50. The summed E-state index contributed by atoms with van der Waals surface area (Å²) in [5.74, 6) is 0. The van der Waals surface area contributed by atoms with E-state index in [1.54, 1.807) is 6.20 Å². The van der Waals surface area contributed by atoms with Crippen molar-refractivity contribution in [1.29, 1.82) is 0 Å². The van der Waals surface area contributed by atoms with Crippen molar-refractivity contribution in [2.45, 2.75) is 25.3 Å². The van der Waals surface area contributed by atoms with Gasteiger partial charge < -0.3 is 0 Å². The minimum absolute atomic E-state index is 0.175. The van der Waals surface area contributed by atoms with Gasteiger partial charge in [-0.2, -0.15) is 21.6 Å². The van der Waals surface area contributed by atoms with Crippen LogP contribution in [0.4, 0.5) is 18.9 Å². The number of rotatable bonds is 6. The summed E-state index contributed by atoms with van der Waals surface area (Å²) in [6, 6.07) is 9.49. The number of nitrogens with one attached hydrogen (secondary N) is 1. The lowest BCUT2D eigenvalue weighted by molar-refractivity contribution is -0.0429. The summed E-state index contributed by atoms with van der Waals surface area (Å²) in [6.07, 6.45) is 3.71. The number of aryl methyl sites for hydroxylation is 1. The average Bonchev–Trinajstić information content (AvgIpc) is 3.12. The van der Waals surface area contributed by atoms with E-state index in [-0.39, 0.29) is 5.69 Å². The molecule has 2 aromatic heterocycles. The highest BCUT2D eigenvalue weighted by molar-refractivity contribution is 7.93. The van der Waals surface area contributed by atoms with E-state index in [2.05, 4.69) is 16.9 Å². The molecule has 0 saturated heterocycles. The van der Waals surface area contributed by atoms with Gasteiger partial charge in [0.25, 0.3) is 0 Å². The van der Waals surface area contributed by atoms with Gasteiger partial charge in [-0.1, -0.05) is 25.5 Å². The van der Waals surface area contributed by atoms with Gasteiger partial charge in [0.05, 0.1) is 11.4 Å².